The Labute approximate surface area is 124 Å². The smallest absolute Gasteiger partial charge is 0.287 e. The summed E-state index contributed by atoms with van der Waals surface area (Å²) >= 11 is 0. The molecule has 0 aliphatic carbocycles. The third kappa shape index (κ3) is 4.56. The lowest BCUT2D eigenvalue weighted by Crippen LogP contribution is -2.31. The highest BCUT2D eigenvalue weighted by Gasteiger charge is 2.21. The summed E-state index contributed by atoms with van der Waals surface area (Å²) in [6.07, 6.45) is 2.86. The number of nitro groups is 1. The molecule has 0 fully saturated rings. The highest BCUT2D eigenvalue weighted by Crippen LogP contribution is 2.20. The van der Waals surface area contributed by atoms with Crippen molar-refractivity contribution in [1.29, 1.82) is 0 Å². The zero-order valence-corrected chi connectivity index (χ0v) is 12.7. The first-order valence-corrected chi connectivity index (χ1v) is 7.16. The van der Waals surface area contributed by atoms with Crippen LogP contribution in [0, 0.1) is 16.0 Å². The molecular weight excluding hydrogens is 274 g/mol. The number of hydrogen-bond donors (Lipinski definition) is 2. The second-order valence-electron chi connectivity index (χ2n) is 5.34. The van der Waals surface area contributed by atoms with Crippen LogP contribution in [0.2, 0.25) is 0 Å². The van der Waals surface area contributed by atoms with Crippen LogP contribution in [0.4, 0.5) is 5.69 Å². The van der Waals surface area contributed by atoms with Crippen molar-refractivity contribution < 1.29 is 14.8 Å². The molecule has 0 aliphatic heterocycles. The Hall–Kier alpha value is -1.89. The number of aliphatic hydroxyl groups is 1. The van der Waals surface area contributed by atoms with Gasteiger partial charge in [-0.05, 0) is 26.2 Å². The van der Waals surface area contributed by atoms with Gasteiger partial charge in [-0.25, -0.2) is 0 Å². The van der Waals surface area contributed by atoms with Crippen molar-refractivity contribution in [2.75, 3.05) is 13.2 Å². The van der Waals surface area contributed by atoms with Crippen LogP contribution in [-0.4, -0.2) is 33.7 Å². The summed E-state index contributed by atoms with van der Waals surface area (Å²) in [6.45, 7) is 6.26. The normalized spacial score (nSPS) is 12.4. The van der Waals surface area contributed by atoms with Gasteiger partial charge in [0.15, 0.2) is 0 Å². The van der Waals surface area contributed by atoms with Crippen LogP contribution in [0.25, 0.3) is 0 Å². The van der Waals surface area contributed by atoms with Gasteiger partial charge in [0.2, 0.25) is 0 Å². The Balaban J connectivity index is 2.83. The van der Waals surface area contributed by atoms with E-state index >= 15 is 0 Å². The molecule has 0 aromatic carbocycles. The molecule has 7 nitrogen and oxygen atoms in total. The molecule has 0 saturated heterocycles. The van der Waals surface area contributed by atoms with E-state index in [0.717, 1.165) is 6.42 Å². The molecule has 0 radical (unpaired) electrons. The SMILES string of the molecule is CCC(CCO)CNC(=O)c1cc([N+](=O)[O-])cn1C(C)C. The first-order chi connectivity index (χ1) is 9.90. The van der Waals surface area contributed by atoms with Gasteiger partial charge >= 0.3 is 0 Å². The van der Waals surface area contributed by atoms with Crippen molar-refractivity contribution in [2.45, 2.75) is 39.7 Å². The Morgan fingerprint density at radius 2 is 2.19 bits per heavy atom. The lowest BCUT2D eigenvalue weighted by molar-refractivity contribution is -0.384. The van der Waals surface area contributed by atoms with Gasteiger partial charge in [0.25, 0.3) is 11.6 Å². The van der Waals surface area contributed by atoms with E-state index in [4.69, 9.17) is 5.11 Å². The molecule has 0 bridgehead atoms. The second kappa shape index (κ2) is 7.78. The summed E-state index contributed by atoms with van der Waals surface area (Å²) in [5.74, 6) is -0.121. The summed E-state index contributed by atoms with van der Waals surface area (Å²) in [6, 6.07) is 1.25. The third-order valence-corrected chi connectivity index (χ3v) is 3.50. The van der Waals surface area contributed by atoms with Gasteiger partial charge in [0.1, 0.15) is 5.69 Å². The van der Waals surface area contributed by atoms with E-state index in [0.29, 0.717) is 13.0 Å². The van der Waals surface area contributed by atoms with Crippen molar-refractivity contribution in [2.24, 2.45) is 5.92 Å². The molecule has 1 amide bonds. The van der Waals surface area contributed by atoms with Gasteiger partial charge in [-0.2, -0.15) is 0 Å². The predicted octanol–water partition coefficient (Wildman–Crippen LogP) is 2.12. The molecular formula is C14H23N3O4. The fraction of sp³-hybridized carbons (Fsp3) is 0.643. The molecule has 118 valence electrons. The lowest BCUT2D eigenvalue weighted by atomic mass is 10.0. The Kier molecular flexibility index (Phi) is 6.36. The highest BCUT2D eigenvalue weighted by atomic mass is 16.6. The van der Waals surface area contributed by atoms with Crippen molar-refractivity contribution in [1.82, 2.24) is 9.88 Å². The predicted molar refractivity (Wildman–Crippen MR) is 79.3 cm³/mol. The van der Waals surface area contributed by atoms with Crippen molar-refractivity contribution in [3.63, 3.8) is 0 Å². The Morgan fingerprint density at radius 3 is 2.67 bits per heavy atom. The minimum Gasteiger partial charge on any atom is -0.396 e. The zero-order chi connectivity index (χ0) is 16.0. The number of nitrogens with zero attached hydrogens (tertiary/aromatic N) is 2. The molecule has 1 aromatic rings. The van der Waals surface area contributed by atoms with Gasteiger partial charge in [-0.15, -0.1) is 0 Å². The number of hydrogen-bond acceptors (Lipinski definition) is 4. The molecule has 0 spiro atoms. The van der Waals surface area contributed by atoms with Gasteiger partial charge in [0.05, 0.1) is 11.1 Å². The number of carbonyl (C=O) groups excluding carboxylic acids is 1. The maximum absolute atomic E-state index is 12.2. The maximum atomic E-state index is 12.2. The molecule has 0 saturated carbocycles. The quantitative estimate of drug-likeness (QED) is 0.567. The van der Waals surface area contributed by atoms with Crippen molar-refractivity contribution in [3.05, 3.63) is 28.1 Å². The monoisotopic (exact) mass is 297 g/mol. The minimum absolute atomic E-state index is 0.0427. The Morgan fingerprint density at radius 1 is 1.52 bits per heavy atom. The number of rotatable bonds is 8. The number of nitrogens with one attached hydrogen (secondary N) is 1. The lowest BCUT2D eigenvalue weighted by Gasteiger charge is -2.16. The average Bonchev–Trinajstić information content (AvgIpc) is 2.88. The van der Waals surface area contributed by atoms with E-state index in [1.54, 1.807) is 4.57 Å². The zero-order valence-electron chi connectivity index (χ0n) is 12.7. The van der Waals surface area contributed by atoms with Crippen LogP contribution in [-0.2, 0) is 0 Å². The molecule has 1 aromatic heterocycles. The fourth-order valence-corrected chi connectivity index (χ4v) is 2.13. The van der Waals surface area contributed by atoms with E-state index in [9.17, 15) is 14.9 Å². The van der Waals surface area contributed by atoms with E-state index in [2.05, 4.69) is 5.32 Å². The first-order valence-electron chi connectivity index (χ1n) is 7.16. The van der Waals surface area contributed by atoms with Gasteiger partial charge < -0.3 is 15.0 Å². The van der Waals surface area contributed by atoms with Crippen molar-refractivity contribution >= 4 is 11.6 Å². The first kappa shape index (κ1) is 17.2. The van der Waals surface area contributed by atoms with Crippen LogP contribution >= 0.6 is 0 Å². The van der Waals surface area contributed by atoms with E-state index in [-0.39, 0.29) is 35.9 Å². The van der Waals surface area contributed by atoms with Crippen LogP contribution in [0.5, 0.6) is 0 Å². The minimum atomic E-state index is -0.504. The number of aromatic nitrogens is 1. The third-order valence-electron chi connectivity index (χ3n) is 3.50. The molecule has 21 heavy (non-hydrogen) atoms. The van der Waals surface area contributed by atoms with Crippen LogP contribution in [0.3, 0.4) is 0 Å². The standard InChI is InChI=1S/C14H23N3O4/c1-4-11(5-6-18)8-15-14(19)13-7-12(17(20)21)9-16(13)10(2)3/h7,9-11,18H,4-6,8H2,1-3H3,(H,15,19). The van der Waals surface area contributed by atoms with Crippen LogP contribution < -0.4 is 5.32 Å². The molecule has 1 rings (SSSR count). The van der Waals surface area contributed by atoms with Gasteiger partial charge in [-0.3, -0.25) is 14.9 Å². The van der Waals surface area contributed by atoms with E-state index in [1.807, 2.05) is 20.8 Å². The summed E-state index contributed by atoms with van der Waals surface area (Å²) in [4.78, 5) is 22.6. The molecule has 2 N–H and O–H groups in total. The Bertz CT molecular complexity index is 496. The average molecular weight is 297 g/mol. The molecule has 0 aliphatic rings. The van der Waals surface area contributed by atoms with E-state index < -0.39 is 4.92 Å². The van der Waals surface area contributed by atoms with Crippen molar-refractivity contribution in [3.8, 4) is 0 Å². The maximum Gasteiger partial charge on any atom is 0.287 e. The van der Waals surface area contributed by atoms with E-state index in [1.165, 1.54) is 12.3 Å². The summed E-state index contributed by atoms with van der Waals surface area (Å²) in [5, 5.41) is 22.6. The summed E-state index contributed by atoms with van der Waals surface area (Å²) in [5.41, 5.74) is 0.201. The van der Waals surface area contributed by atoms with Crippen LogP contribution in [0.15, 0.2) is 12.3 Å². The highest BCUT2D eigenvalue weighted by molar-refractivity contribution is 5.93. The van der Waals surface area contributed by atoms with Gasteiger partial charge in [-0.1, -0.05) is 13.3 Å². The molecule has 1 atom stereocenters. The van der Waals surface area contributed by atoms with Gasteiger partial charge in [0, 0.05) is 25.3 Å². The fourth-order valence-electron chi connectivity index (χ4n) is 2.13. The topological polar surface area (TPSA) is 97.4 Å². The molecule has 1 unspecified atom stereocenters. The summed E-state index contributed by atoms with van der Waals surface area (Å²) in [7, 11) is 0. The number of aliphatic hydroxyl groups excluding tert-OH is 1. The summed E-state index contributed by atoms with van der Waals surface area (Å²) < 4.78 is 1.60. The molecule has 7 heteroatoms. The largest absolute Gasteiger partial charge is 0.396 e. The van der Waals surface area contributed by atoms with Crippen LogP contribution in [0.1, 0.15) is 50.1 Å². The molecule has 1 heterocycles. The number of carbonyl (C=O) groups is 1. The number of amides is 1. The second-order valence-corrected chi connectivity index (χ2v) is 5.34.